The molecule has 2 aliphatic rings. The van der Waals surface area contributed by atoms with Gasteiger partial charge in [0.05, 0.1) is 4.92 Å². The van der Waals surface area contributed by atoms with E-state index in [9.17, 15) is 14.9 Å². The molecule has 1 aromatic carbocycles. The highest BCUT2D eigenvalue weighted by Crippen LogP contribution is 2.28. The molecule has 4 rings (SSSR count). The summed E-state index contributed by atoms with van der Waals surface area (Å²) in [5, 5.41) is 19.5. The lowest BCUT2D eigenvalue weighted by Gasteiger charge is -2.32. The van der Waals surface area contributed by atoms with E-state index in [1.165, 1.54) is 6.20 Å². The zero-order valence-corrected chi connectivity index (χ0v) is 18.1. The number of benzene rings is 1. The van der Waals surface area contributed by atoms with Crippen LogP contribution in [0.4, 0.5) is 23.1 Å². The monoisotopic (exact) mass is 440 g/mol. The molecule has 2 heterocycles. The smallest absolute Gasteiger partial charge is 0.329 e. The average molecular weight is 441 g/mol. The van der Waals surface area contributed by atoms with Crippen LogP contribution in [0.3, 0.4) is 0 Å². The molecule has 11 nitrogen and oxygen atoms in total. The lowest BCUT2D eigenvalue weighted by Crippen LogP contribution is -2.52. The highest BCUT2D eigenvalue weighted by molar-refractivity contribution is 5.94. The van der Waals surface area contributed by atoms with E-state index in [1.807, 2.05) is 5.01 Å². The summed E-state index contributed by atoms with van der Waals surface area (Å²) in [5.74, 6) is 0.323. The average Bonchev–Trinajstić information content (AvgIpc) is 3.29. The summed E-state index contributed by atoms with van der Waals surface area (Å²) in [4.78, 5) is 34.0. The molecule has 0 unspecified atom stereocenters. The molecule has 0 spiro atoms. The van der Waals surface area contributed by atoms with E-state index >= 15 is 0 Å². The third-order valence-electron chi connectivity index (χ3n) is 5.83. The van der Waals surface area contributed by atoms with Crippen molar-refractivity contribution >= 4 is 29.0 Å². The van der Waals surface area contributed by atoms with Crippen LogP contribution in [-0.2, 0) is 0 Å². The first-order valence-electron chi connectivity index (χ1n) is 10.9. The van der Waals surface area contributed by atoms with Gasteiger partial charge in [0, 0.05) is 43.5 Å². The molecule has 2 aromatic rings. The summed E-state index contributed by atoms with van der Waals surface area (Å²) in [5.41, 5.74) is 4.02. The van der Waals surface area contributed by atoms with Crippen LogP contribution in [0.1, 0.15) is 36.0 Å². The molecule has 1 saturated carbocycles. The first kappa shape index (κ1) is 21.9. The molecule has 170 valence electrons. The summed E-state index contributed by atoms with van der Waals surface area (Å²) in [6, 6.07) is 7.14. The van der Waals surface area contributed by atoms with Gasteiger partial charge < -0.3 is 15.5 Å². The zero-order chi connectivity index (χ0) is 22.5. The predicted octanol–water partition coefficient (Wildman–Crippen LogP) is 2.38. The van der Waals surface area contributed by atoms with Crippen molar-refractivity contribution < 1.29 is 9.72 Å². The molecule has 2 fully saturated rings. The van der Waals surface area contributed by atoms with Crippen LogP contribution in [0.25, 0.3) is 0 Å². The van der Waals surface area contributed by atoms with Gasteiger partial charge in [-0.25, -0.2) is 9.99 Å². The number of carbonyl (C=O) groups excluding carboxylic acids is 1. The van der Waals surface area contributed by atoms with Crippen LogP contribution >= 0.6 is 0 Å². The molecule has 3 N–H and O–H groups in total. The van der Waals surface area contributed by atoms with Crippen molar-refractivity contribution in [1.82, 2.24) is 25.3 Å². The Morgan fingerprint density at radius 1 is 1.12 bits per heavy atom. The molecule has 1 aliphatic heterocycles. The molecule has 32 heavy (non-hydrogen) atoms. The summed E-state index contributed by atoms with van der Waals surface area (Å²) in [7, 11) is 2.06. The minimum atomic E-state index is -0.477. The van der Waals surface area contributed by atoms with Crippen LogP contribution in [0.5, 0.6) is 0 Å². The first-order valence-corrected chi connectivity index (χ1v) is 10.9. The van der Waals surface area contributed by atoms with Crippen LogP contribution in [-0.4, -0.2) is 70.0 Å². The number of hydrogen-bond donors (Lipinski definition) is 3. The zero-order valence-electron chi connectivity index (χ0n) is 18.1. The van der Waals surface area contributed by atoms with Crippen LogP contribution in [0.2, 0.25) is 0 Å². The predicted molar refractivity (Wildman–Crippen MR) is 121 cm³/mol. The Morgan fingerprint density at radius 2 is 1.81 bits per heavy atom. The van der Waals surface area contributed by atoms with Gasteiger partial charge in [0.15, 0.2) is 0 Å². The maximum Gasteiger partial charge on any atom is 0.329 e. The fourth-order valence-electron chi connectivity index (χ4n) is 3.90. The van der Waals surface area contributed by atoms with E-state index in [-0.39, 0.29) is 29.4 Å². The largest absolute Gasteiger partial charge is 0.361 e. The highest BCUT2D eigenvalue weighted by Gasteiger charge is 2.23. The molecule has 11 heteroatoms. The van der Waals surface area contributed by atoms with Gasteiger partial charge in [-0.2, -0.15) is 4.98 Å². The number of rotatable bonds is 7. The van der Waals surface area contributed by atoms with E-state index < -0.39 is 4.92 Å². The molecule has 0 bridgehead atoms. The second-order valence-corrected chi connectivity index (χ2v) is 8.24. The number of aromatic nitrogens is 2. The number of nitrogens with one attached hydrogen (secondary N) is 3. The van der Waals surface area contributed by atoms with Crippen LogP contribution in [0, 0.1) is 10.1 Å². The van der Waals surface area contributed by atoms with Crippen molar-refractivity contribution in [3.8, 4) is 0 Å². The molecule has 1 amide bonds. The summed E-state index contributed by atoms with van der Waals surface area (Å²) in [6.07, 6.45) is 5.38. The molecular weight excluding hydrogens is 412 g/mol. The van der Waals surface area contributed by atoms with Gasteiger partial charge in [0.1, 0.15) is 6.20 Å². The number of nitrogens with zero attached hydrogens (tertiary/aromatic N) is 5. The molecular formula is C21H28N8O3. The SMILES string of the molecule is CN1CCN(NC(=O)c2ccc(Nc3ncc([N+](=O)[O-])c(NC4CCCC4)n3)cc2)CC1. The van der Waals surface area contributed by atoms with Crippen molar-refractivity contribution in [2.24, 2.45) is 0 Å². The van der Waals surface area contributed by atoms with E-state index in [4.69, 9.17) is 0 Å². The number of carbonyl (C=O) groups is 1. The summed E-state index contributed by atoms with van der Waals surface area (Å²) < 4.78 is 0. The lowest BCUT2D eigenvalue weighted by atomic mass is 10.2. The number of hydrogen-bond acceptors (Lipinski definition) is 9. The number of piperazine rings is 1. The van der Waals surface area contributed by atoms with Gasteiger partial charge in [-0.3, -0.25) is 20.3 Å². The van der Waals surface area contributed by atoms with Crippen molar-refractivity contribution in [2.75, 3.05) is 43.9 Å². The minimum Gasteiger partial charge on any atom is -0.361 e. The first-order chi connectivity index (χ1) is 15.5. The second kappa shape index (κ2) is 9.88. The fourth-order valence-corrected chi connectivity index (χ4v) is 3.90. The van der Waals surface area contributed by atoms with Gasteiger partial charge >= 0.3 is 5.69 Å². The van der Waals surface area contributed by atoms with Gasteiger partial charge in [-0.1, -0.05) is 12.8 Å². The van der Waals surface area contributed by atoms with Crippen molar-refractivity contribution in [1.29, 1.82) is 0 Å². The van der Waals surface area contributed by atoms with E-state index in [0.717, 1.165) is 51.9 Å². The minimum absolute atomic E-state index is 0.140. The van der Waals surface area contributed by atoms with Gasteiger partial charge in [0.2, 0.25) is 11.8 Å². The van der Waals surface area contributed by atoms with Crippen LogP contribution < -0.4 is 16.1 Å². The highest BCUT2D eigenvalue weighted by atomic mass is 16.6. The normalized spacial score (nSPS) is 17.8. The Kier molecular flexibility index (Phi) is 6.76. The Balaban J connectivity index is 1.40. The number of nitro groups is 1. The third kappa shape index (κ3) is 5.48. The maximum absolute atomic E-state index is 12.5. The second-order valence-electron chi connectivity index (χ2n) is 8.24. The molecule has 0 atom stereocenters. The number of amides is 1. The number of hydrazine groups is 1. The van der Waals surface area contributed by atoms with Gasteiger partial charge in [0.25, 0.3) is 5.91 Å². The topological polar surface area (TPSA) is 129 Å². The molecule has 1 saturated heterocycles. The standard InChI is InChI=1S/C21H28N8O3/c1-27-10-12-28(13-11-27)26-20(30)15-6-8-17(9-7-15)24-21-22-14-18(29(31)32)19(25-21)23-16-4-2-3-5-16/h6-9,14,16H,2-5,10-13H2,1H3,(H,26,30)(H2,22,23,24,25). The Bertz CT molecular complexity index is 954. The van der Waals surface area contributed by atoms with Crippen molar-refractivity contribution in [2.45, 2.75) is 31.7 Å². The van der Waals surface area contributed by atoms with Gasteiger partial charge in [-0.05, 0) is 44.2 Å². The third-order valence-corrected chi connectivity index (χ3v) is 5.83. The van der Waals surface area contributed by atoms with Crippen LogP contribution in [0.15, 0.2) is 30.5 Å². The summed E-state index contributed by atoms with van der Waals surface area (Å²) in [6.45, 7) is 3.40. The van der Waals surface area contributed by atoms with E-state index in [0.29, 0.717) is 11.3 Å². The fraction of sp³-hybridized carbons (Fsp3) is 0.476. The van der Waals surface area contributed by atoms with Gasteiger partial charge in [-0.15, -0.1) is 0 Å². The maximum atomic E-state index is 12.5. The Labute approximate surface area is 186 Å². The van der Waals surface area contributed by atoms with E-state index in [2.05, 4.69) is 38.0 Å². The quantitative estimate of drug-likeness (QED) is 0.439. The molecule has 1 aromatic heterocycles. The number of likely N-dealkylation sites (N-methyl/N-ethyl adjacent to an activating group) is 1. The van der Waals surface area contributed by atoms with E-state index in [1.54, 1.807) is 24.3 Å². The lowest BCUT2D eigenvalue weighted by molar-refractivity contribution is -0.384. The number of anilines is 3. The van der Waals surface area contributed by atoms with Crippen molar-refractivity contribution in [3.05, 3.63) is 46.1 Å². The molecule has 1 aliphatic carbocycles. The molecule has 0 radical (unpaired) electrons. The Morgan fingerprint density at radius 3 is 2.47 bits per heavy atom. The summed E-state index contributed by atoms with van der Waals surface area (Å²) >= 11 is 0. The van der Waals surface area contributed by atoms with Crippen molar-refractivity contribution in [3.63, 3.8) is 0 Å². The Hall–Kier alpha value is -3.31.